The van der Waals surface area contributed by atoms with Gasteiger partial charge in [0, 0.05) is 44.6 Å². The number of rotatable bonds is 13. The van der Waals surface area contributed by atoms with Gasteiger partial charge in [-0.25, -0.2) is 13.4 Å². The Bertz CT molecular complexity index is 1420. The van der Waals surface area contributed by atoms with E-state index in [9.17, 15) is 13.2 Å². The van der Waals surface area contributed by atoms with E-state index in [4.69, 9.17) is 15.5 Å². The summed E-state index contributed by atoms with van der Waals surface area (Å²) in [4.78, 5) is 22.4. The largest absolute Gasteiger partial charge is 0.302 e. The average Bonchev–Trinajstić information content (AvgIpc) is 3.36. The van der Waals surface area contributed by atoms with Crippen LogP contribution in [-0.4, -0.2) is 67.8 Å². The Morgan fingerprint density at radius 3 is 2.13 bits per heavy atom. The molecule has 0 N–H and O–H groups in total. The highest BCUT2D eigenvalue weighted by Crippen LogP contribution is 2.31. The molecule has 1 amide bonds. The lowest BCUT2D eigenvalue weighted by atomic mass is 10.2. The Labute approximate surface area is 228 Å². The van der Waals surface area contributed by atoms with Crippen molar-refractivity contribution < 1.29 is 13.2 Å². The molecule has 9 nitrogen and oxygen atoms in total. The fourth-order valence-corrected chi connectivity index (χ4v) is 6.54. The second-order valence-corrected chi connectivity index (χ2v) is 11.6. The number of likely N-dealkylation sites (N-methyl/N-ethyl adjacent to an activating group) is 1. The molecule has 0 atom stereocenters. The number of hydrogen-bond donors (Lipinski definition) is 0. The number of nitriles is 2. The van der Waals surface area contributed by atoms with Gasteiger partial charge in [-0.2, -0.15) is 14.8 Å². The van der Waals surface area contributed by atoms with E-state index in [1.165, 1.54) is 35.6 Å². The monoisotopic (exact) mass is 552 g/mol. The fraction of sp³-hybridized carbons (Fsp3) is 0.407. The lowest BCUT2D eigenvalue weighted by Gasteiger charge is -2.25. The normalized spacial score (nSPS) is 11.6. The zero-order chi connectivity index (χ0) is 27.7. The van der Waals surface area contributed by atoms with Crippen molar-refractivity contribution in [3.63, 3.8) is 0 Å². The Morgan fingerprint density at radius 1 is 0.947 bits per heavy atom. The predicted octanol–water partition coefficient (Wildman–Crippen LogP) is 4.41. The van der Waals surface area contributed by atoms with Crippen LogP contribution in [-0.2, 0) is 10.0 Å². The van der Waals surface area contributed by atoms with Crippen LogP contribution in [0.3, 0.4) is 0 Å². The second-order valence-electron chi connectivity index (χ2n) is 8.65. The molecule has 0 bridgehead atoms. The predicted molar refractivity (Wildman–Crippen MR) is 149 cm³/mol. The molecule has 3 aromatic rings. The van der Waals surface area contributed by atoms with Gasteiger partial charge in [0.05, 0.1) is 27.3 Å². The number of aromatic nitrogens is 1. The zero-order valence-electron chi connectivity index (χ0n) is 21.9. The molecule has 0 unspecified atom stereocenters. The van der Waals surface area contributed by atoms with Crippen LogP contribution in [0.2, 0.25) is 0 Å². The van der Waals surface area contributed by atoms with Crippen LogP contribution in [0.1, 0.15) is 42.6 Å². The smallest absolute Gasteiger partial charge is 0.260 e. The van der Waals surface area contributed by atoms with Crippen LogP contribution >= 0.6 is 11.3 Å². The van der Waals surface area contributed by atoms with Gasteiger partial charge < -0.3 is 4.90 Å². The summed E-state index contributed by atoms with van der Waals surface area (Å²) < 4.78 is 28.4. The van der Waals surface area contributed by atoms with Gasteiger partial charge in [-0.15, -0.1) is 0 Å². The van der Waals surface area contributed by atoms with Gasteiger partial charge in [0.15, 0.2) is 5.13 Å². The molecule has 0 spiro atoms. The van der Waals surface area contributed by atoms with E-state index in [1.54, 1.807) is 4.90 Å². The number of carbonyl (C=O) groups is 1. The average molecular weight is 553 g/mol. The molecule has 2 aromatic carbocycles. The topological polar surface area (TPSA) is 121 Å². The number of benzene rings is 2. The first kappa shape index (κ1) is 29.2. The first-order chi connectivity index (χ1) is 18.3. The summed E-state index contributed by atoms with van der Waals surface area (Å²) in [5.74, 6) is -0.261. The fourth-order valence-electron chi connectivity index (χ4n) is 4.03. The Hall–Kier alpha value is -3.35. The molecule has 0 saturated carbocycles. The SMILES string of the molecule is CCN(CC)CCN(C(=O)c1ccc(S(=O)(=O)N(CCC#N)CCC#N)cc1)c1nc2c(C)cccc2s1. The summed E-state index contributed by atoms with van der Waals surface area (Å²) in [6, 6.07) is 15.6. The van der Waals surface area contributed by atoms with Crippen molar-refractivity contribution in [3.8, 4) is 12.1 Å². The molecule has 3 rings (SSSR count). The first-order valence-corrected chi connectivity index (χ1v) is 14.8. The number of nitrogens with zero attached hydrogens (tertiary/aromatic N) is 6. The summed E-state index contributed by atoms with van der Waals surface area (Å²) in [5, 5.41) is 18.4. The summed E-state index contributed by atoms with van der Waals surface area (Å²) in [6.07, 6.45) is 0.0364. The maximum atomic E-state index is 13.7. The molecular formula is C27H32N6O3S2. The Morgan fingerprint density at radius 2 is 1.58 bits per heavy atom. The van der Waals surface area contributed by atoms with Crippen molar-refractivity contribution in [2.45, 2.75) is 38.5 Å². The molecule has 0 radical (unpaired) electrons. The molecule has 0 aliphatic carbocycles. The number of amides is 1. The third kappa shape index (κ3) is 6.74. The van der Waals surface area contributed by atoms with Gasteiger partial charge in [0.25, 0.3) is 5.91 Å². The second kappa shape index (κ2) is 13.4. The Kier molecular flexibility index (Phi) is 10.3. The number of carbonyl (C=O) groups excluding carboxylic acids is 1. The minimum absolute atomic E-state index is 0.00263. The number of para-hydroxylation sites is 1. The lowest BCUT2D eigenvalue weighted by molar-refractivity contribution is 0.0983. The molecule has 11 heteroatoms. The van der Waals surface area contributed by atoms with Crippen molar-refractivity contribution in [2.75, 3.05) is 44.2 Å². The van der Waals surface area contributed by atoms with Gasteiger partial charge in [0.2, 0.25) is 10.0 Å². The summed E-state index contributed by atoms with van der Waals surface area (Å²) in [6.45, 7) is 8.97. The van der Waals surface area contributed by atoms with Gasteiger partial charge in [-0.3, -0.25) is 9.69 Å². The van der Waals surface area contributed by atoms with E-state index in [0.717, 1.165) is 33.2 Å². The minimum Gasteiger partial charge on any atom is -0.302 e. The van der Waals surface area contributed by atoms with E-state index in [0.29, 0.717) is 23.8 Å². The van der Waals surface area contributed by atoms with Gasteiger partial charge in [-0.05, 0) is 55.9 Å². The molecule has 0 aliphatic heterocycles. The van der Waals surface area contributed by atoms with E-state index in [-0.39, 0.29) is 36.7 Å². The molecule has 0 saturated heterocycles. The molecule has 1 aromatic heterocycles. The van der Waals surface area contributed by atoms with E-state index >= 15 is 0 Å². The van der Waals surface area contributed by atoms with Crippen molar-refractivity contribution >= 4 is 42.6 Å². The third-order valence-electron chi connectivity index (χ3n) is 6.30. The highest BCUT2D eigenvalue weighted by Gasteiger charge is 2.26. The maximum absolute atomic E-state index is 13.7. The molecule has 0 aliphatic rings. The lowest BCUT2D eigenvalue weighted by Crippen LogP contribution is -2.39. The quantitative estimate of drug-likeness (QED) is 0.308. The van der Waals surface area contributed by atoms with Crippen molar-refractivity contribution in [1.29, 1.82) is 10.5 Å². The Balaban J connectivity index is 1.92. The number of fused-ring (bicyclic) bond motifs is 1. The number of hydrogen-bond acceptors (Lipinski definition) is 8. The molecular weight excluding hydrogens is 520 g/mol. The maximum Gasteiger partial charge on any atom is 0.260 e. The number of sulfonamides is 1. The summed E-state index contributed by atoms with van der Waals surface area (Å²) in [5.41, 5.74) is 2.25. The van der Waals surface area contributed by atoms with Crippen LogP contribution in [0.5, 0.6) is 0 Å². The van der Waals surface area contributed by atoms with Crippen LogP contribution in [0.25, 0.3) is 10.2 Å². The number of thiazole rings is 1. The summed E-state index contributed by atoms with van der Waals surface area (Å²) in [7, 11) is -3.92. The van der Waals surface area contributed by atoms with Crippen LogP contribution in [0, 0.1) is 29.6 Å². The van der Waals surface area contributed by atoms with E-state index in [1.807, 2.05) is 37.3 Å². The van der Waals surface area contributed by atoms with Crippen molar-refractivity contribution in [2.24, 2.45) is 0 Å². The number of aryl methyl sites for hydroxylation is 1. The first-order valence-electron chi connectivity index (χ1n) is 12.5. The van der Waals surface area contributed by atoms with Crippen molar-refractivity contribution in [3.05, 3.63) is 53.6 Å². The third-order valence-corrected chi connectivity index (χ3v) is 9.26. The molecule has 1 heterocycles. The van der Waals surface area contributed by atoms with Gasteiger partial charge in [0.1, 0.15) is 0 Å². The summed E-state index contributed by atoms with van der Waals surface area (Å²) >= 11 is 1.46. The highest BCUT2D eigenvalue weighted by atomic mass is 32.2. The van der Waals surface area contributed by atoms with E-state index in [2.05, 4.69) is 18.7 Å². The number of anilines is 1. The molecule has 0 fully saturated rings. The van der Waals surface area contributed by atoms with E-state index < -0.39 is 10.0 Å². The van der Waals surface area contributed by atoms with Gasteiger partial charge >= 0.3 is 0 Å². The zero-order valence-corrected chi connectivity index (χ0v) is 23.6. The molecule has 200 valence electrons. The standard InChI is InChI=1S/C27H32N6O3S2/c1-4-31(5-2)19-20-33(27-30-25-21(3)9-6-10-24(25)37-27)26(34)22-11-13-23(14-12-22)38(35,36)32(17-7-15-28)18-8-16-29/h6,9-14H,4-5,7-8,17-20H2,1-3H3. The van der Waals surface area contributed by atoms with Crippen LogP contribution in [0.4, 0.5) is 5.13 Å². The molecule has 38 heavy (non-hydrogen) atoms. The minimum atomic E-state index is -3.92. The van der Waals surface area contributed by atoms with Crippen LogP contribution in [0.15, 0.2) is 47.4 Å². The van der Waals surface area contributed by atoms with Gasteiger partial charge in [-0.1, -0.05) is 37.3 Å². The van der Waals surface area contributed by atoms with Crippen molar-refractivity contribution in [1.82, 2.24) is 14.2 Å². The van der Waals surface area contributed by atoms with Crippen LogP contribution < -0.4 is 4.90 Å². The highest BCUT2D eigenvalue weighted by molar-refractivity contribution is 7.89.